The van der Waals surface area contributed by atoms with Crippen LogP contribution in [0.1, 0.15) is 25.3 Å². The van der Waals surface area contributed by atoms with Gasteiger partial charge in [0.2, 0.25) is 5.91 Å². The van der Waals surface area contributed by atoms with Gasteiger partial charge < -0.3 is 10.1 Å². The lowest BCUT2D eigenvalue weighted by Gasteiger charge is -2.35. The van der Waals surface area contributed by atoms with Crippen molar-refractivity contribution in [1.82, 2.24) is 4.90 Å². The van der Waals surface area contributed by atoms with Crippen LogP contribution < -0.4 is 10.1 Å². The Bertz CT molecular complexity index is 692. The second-order valence-electron chi connectivity index (χ2n) is 7.06. The minimum Gasteiger partial charge on any atom is -0.497 e. The summed E-state index contributed by atoms with van der Waals surface area (Å²) in [4.78, 5) is 14.8. The molecule has 1 aliphatic rings. The van der Waals surface area contributed by atoms with E-state index in [9.17, 15) is 4.79 Å². The number of ether oxygens (including phenoxy) is 1. The summed E-state index contributed by atoms with van der Waals surface area (Å²) >= 11 is 0. The van der Waals surface area contributed by atoms with Gasteiger partial charge in [-0.1, -0.05) is 30.3 Å². The fraction of sp³-hybridized carbons (Fsp3) is 0.409. The van der Waals surface area contributed by atoms with E-state index in [1.54, 1.807) is 7.11 Å². The Morgan fingerprint density at radius 2 is 1.77 bits per heavy atom. The second kappa shape index (κ2) is 8.86. The van der Waals surface area contributed by atoms with Crippen LogP contribution in [0.2, 0.25) is 0 Å². The summed E-state index contributed by atoms with van der Waals surface area (Å²) in [6, 6.07) is 18.0. The molecule has 4 heteroatoms. The number of nitrogens with one attached hydrogen (secondary N) is 1. The number of hydrogen-bond acceptors (Lipinski definition) is 3. The van der Waals surface area contributed by atoms with Gasteiger partial charge in [0.25, 0.3) is 0 Å². The molecule has 4 nitrogen and oxygen atoms in total. The van der Waals surface area contributed by atoms with Crippen molar-refractivity contribution in [2.75, 3.05) is 25.5 Å². The second-order valence-corrected chi connectivity index (χ2v) is 7.06. The van der Waals surface area contributed by atoms with Crippen molar-refractivity contribution in [3.05, 3.63) is 60.2 Å². The molecule has 1 aliphatic heterocycles. The van der Waals surface area contributed by atoms with E-state index < -0.39 is 0 Å². The maximum atomic E-state index is 12.6. The molecule has 0 bridgehead atoms. The van der Waals surface area contributed by atoms with Gasteiger partial charge in [0, 0.05) is 5.69 Å². The Labute approximate surface area is 156 Å². The molecule has 1 heterocycles. The molecule has 3 rings (SSSR count). The predicted molar refractivity (Wildman–Crippen MR) is 106 cm³/mol. The number of carbonyl (C=O) groups excluding carboxylic acids is 1. The first-order valence-electron chi connectivity index (χ1n) is 9.38. The highest BCUT2D eigenvalue weighted by atomic mass is 16.5. The van der Waals surface area contributed by atoms with E-state index in [2.05, 4.69) is 40.5 Å². The van der Waals surface area contributed by atoms with Crippen LogP contribution in [0.5, 0.6) is 5.75 Å². The van der Waals surface area contributed by atoms with Gasteiger partial charge in [-0.2, -0.15) is 0 Å². The minimum absolute atomic E-state index is 0.0525. The molecule has 0 unspecified atom stereocenters. The SMILES string of the molecule is COc1ccc(NC(=O)[C@@H](C)N2CCC(Cc3ccccc3)CC2)cc1. The summed E-state index contributed by atoms with van der Waals surface area (Å²) in [7, 11) is 1.64. The van der Waals surface area contributed by atoms with Gasteiger partial charge in [-0.25, -0.2) is 0 Å². The van der Waals surface area contributed by atoms with Gasteiger partial charge >= 0.3 is 0 Å². The summed E-state index contributed by atoms with van der Waals surface area (Å²) in [5.74, 6) is 1.55. The quantitative estimate of drug-likeness (QED) is 0.855. The number of anilines is 1. The highest BCUT2D eigenvalue weighted by molar-refractivity contribution is 5.94. The van der Waals surface area contributed by atoms with Crippen LogP contribution in [0.3, 0.4) is 0 Å². The summed E-state index contributed by atoms with van der Waals surface area (Å²) in [5, 5.41) is 3.01. The maximum Gasteiger partial charge on any atom is 0.241 e. The summed E-state index contributed by atoms with van der Waals surface area (Å²) in [5.41, 5.74) is 2.22. The van der Waals surface area contributed by atoms with E-state index in [4.69, 9.17) is 4.74 Å². The standard InChI is InChI=1S/C22H28N2O2/c1-17(22(25)23-20-8-10-21(26-2)11-9-20)24-14-12-19(13-15-24)16-18-6-4-3-5-7-18/h3-11,17,19H,12-16H2,1-2H3,(H,23,25)/t17-/m1/s1. The maximum absolute atomic E-state index is 12.6. The Kier molecular flexibility index (Phi) is 6.29. The largest absolute Gasteiger partial charge is 0.497 e. The molecule has 1 amide bonds. The van der Waals surface area contributed by atoms with Gasteiger partial charge in [-0.05, 0) is 75.0 Å². The fourth-order valence-electron chi connectivity index (χ4n) is 3.58. The van der Waals surface area contributed by atoms with E-state index >= 15 is 0 Å². The molecule has 0 aromatic heterocycles. The predicted octanol–water partition coefficient (Wildman–Crippen LogP) is 3.98. The van der Waals surface area contributed by atoms with Crippen LogP contribution >= 0.6 is 0 Å². The number of amides is 1. The van der Waals surface area contributed by atoms with E-state index in [0.717, 1.165) is 43.8 Å². The number of piperidine rings is 1. The Balaban J connectivity index is 1.47. The Hall–Kier alpha value is -2.33. The van der Waals surface area contributed by atoms with E-state index in [1.807, 2.05) is 31.2 Å². The average Bonchev–Trinajstić information content (AvgIpc) is 2.69. The molecule has 0 saturated carbocycles. The Morgan fingerprint density at radius 3 is 2.38 bits per heavy atom. The van der Waals surface area contributed by atoms with Crippen LogP contribution in [-0.2, 0) is 11.2 Å². The van der Waals surface area contributed by atoms with Gasteiger partial charge in [0.15, 0.2) is 0 Å². The highest BCUT2D eigenvalue weighted by Crippen LogP contribution is 2.23. The molecule has 1 atom stereocenters. The van der Waals surface area contributed by atoms with E-state index in [1.165, 1.54) is 5.56 Å². The third-order valence-electron chi connectivity index (χ3n) is 5.30. The molecular weight excluding hydrogens is 324 g/mol. The molecule has 0 aliphatic carbocycles. The topological polar surface area (TPSA) is 41.6 Å². The summed E-state index contributed by atoms with van der Waals surface area (Å²) < 4.78 is 5.15. The number of hydrogen-bond donors (Lipinski definition) is 1. The average molecular weight is 352 g/mol. The molecule has 2 aromatic carbocycles. The van der Waals surface area contributed by atoms with Gasteiger partial charge in [0.05, 0.1) is 13.2 Å². The summed E-state index contributed by atoms with van der Waals surface area (Å²) in [6.45, 7) is 3.96. The van der Waals surface area contributed by atoms with Crippen molar-refractivity contribution in [2.24, 2.45) is 5.92 Å². The molecule has 1 saturated heterocycles. The van der Waals surface area contributed by atoms with Crippen molar-refractivity contribution in [3.63, 3.8) is 0 Å². The third-order valence-corrected chi connectivity index (χ3v) is 5.30. The molecule has 1 fully saturated rings. The first kappa shape index (κ1) is 18.5. The molecule has 0 spiro atoms. The van der Waals surface area contributed by atoms with Gasteiger partial charge in [0.1, 0.15) is 5.75 Å². The highest BCUT2D eigenvalue weighted by Gasteiger charge is 2.26. The smallest absolute Gasteiger partial charge is 0.241 e. The van der Waals surface area contributed by atoms with Crippen LogP contribution in [0, 0.1) is 5.92 Å². The number of likely N-dealkylation sites (tertiary alicyclic amines) is 1. The Morgan fingerprint density at radius 1 is 1.12 bits per heavy atom. The van der Waals surface area contributed by atoms with E-state index in [-0.39, 0.29) is 11.9 Å². The van der Waals surface area contributed by atoms with Crippen LogP contribution in [-0.4, -0.2) is 37.0 Å². The van der Waals surface area contributed by atoms with Crippen LogP contribution in [0.25, 0.3) is 0 Å². The number of nitrogens with zero attached hydrogens (tertiary/aromatic N) is 1. The van der Waals surface area contributed by atoms with E-state index in [0.29, 0.717) is 5.92 Å². The molecule has 26 heavy (non-hydrogen) atoms. The zero-order valence-corrected chi connectivity index (χ0v) is 15.7. The lowest BCUT2D eigenvalue weighted by atomic mass is 9.89. The van der Waals surface area contributed by atoms with Gasteiger partial charge in [-0.3, -0.25) is 9.69 Å². The number of methoxy groups -OCH3 is 1. The normalized spacial score (nSPS) is 16.8. The number of rotatable bonds is 6. The first-order chi connectivity index (χ1) is 12.7. The van der Waals surface area contributed by atoms with Crippen LogP contribution in [0.4, 0.5) is 5.69 Å². The molecule has 138 valence electrons. The van der Waals surface area contributed by atoms with Crippen molar-refractivity contribution in [2.45, 2.75) is 32.2 Å². The van der Waals surface area contributed by atoms with Crippen molar-refractivity contribution in [1.29, 1.82) is 0 Å². The number of benzene rings is 2. The van der Waals surface area contributed by atoms with Gasteiger partial charge in [-0.15, -0.1) is 0 Å². The van der Waals surface area contributed by atoms with Crippen molar-refractivity contribution >= 4 is 11.6 Å². The number of carbonyl (C=O) groups is 1. The lowest BCUT2D eigenvalue weighted by molar-refractivity contribution is -0.121. The molecular formula is C22H28N2O2. The molecule has 0 radical (unpaired) electrons. The monoisotopic (exact) mass is 352 g/mol. The summed E-state index contributed by atoms with van der Waals surface area (Å²) in [6.07, 6.45) is 3.44. The van der Waals surface area contributed by atoms with Crippen molar-refractivity contribution < 1.29 is 9.53 Å². The molecule has 1 N–H and O–H groups in total. The minimum atomic E-state index is -0.116. The molecule has 2 aromatic rings. The third kappa shape index (κ3) is 4.85. The fourth-order valence-corrected chi connectivity index (χ4v) is 3.58. The first-order valence-corrected chi connectivity index (χ1v) is 9.38. The lowest BCUT2D eigenvalue weighted by Crippen LogP contribution is -2.46. The van der Waals surface area contributed by atoms with Crippen molar-refractivity contribution in [3.8, 4) is 5.75 Å². The zero-order valence-electron chi connectivity index (χ0n) is 15.7. The zero-order chi connectivity index (χ0) is 18.4. The van der Waals surface area contributed by atoms with Crippen LogP contribution in [0.15, 0.2) is 54.6 Å².